The van der Waals surface area contributed by atoms with E-state index in [9.17, 15) is 4.79 Å². The number of nitrogens with one attached hydrogen (secondary N) is 1. The summed E-state index contributed by atoms with van der Waals surface area (Å²) in [5.41, 5.74) is 0.434. The minimum Gasteiger partial charge on any atom is -0.490 e. The van der Waals surface area contributed by atoms with Crippen LogP contribution in [0.1, 0.15) is 10.4 Å². The van der Waals surface area contributed by atoms with Gasteiger partial charge in [0.05, 0.1) is 29.2 Å². The number of carbonyl (C=O) groups excluding carboxylic acids is 1. The van der Waals surface area contributed by atoms with E-state index in [2.05, 4.69) is 37.9 Å². The fourth-order valence-corrected chi connectivity index (χ4v) is 3.30. The zero-order valence-electron chi connectivity index (χ0n) is 13.7. The van der Waals surface area contributed by atoms with E-state index in [-0.39, 0.29) is 18.6 Å². The molecule has 3 rings (SSSR count). The molecule has 0 fully saturated rings. The molecule has 1 atom stereocenters. The van der Waals surface area contributed by atoms with Gasteiger partial charge in [-0.1, -0.05) is 11.6 Å². The number of nitrogens with zero attached hydrogens (tertiary/aromatic N) is 3. The molecule has 3 aromatic rings. The molecule has 0 aliphatic rings. The molecule has 1 amide bonds. The maximum absolute atomic E-state index is 12.6. The van der Waals surface area contributed by atoms with Crippen LogP contribution in [0.25, 0.3) is 0 Å². The average molecular weight is 483 g/mol. The number of carbonyl (C=O) groups is 1. The van der Waals surface area contributed by atoms with Gasteiger partial charge in [0.2, 0.25) is 0 Å². The van der Waals surface area contributed by atoms with E-state index < -0.39 is 0 Å². The summed E-state index contributed by atoms with van der Waals surface area (Å²) in [4.78, 5) is 20.7. The first-order valence-electron chi connectivity index (χ1n) is 7.86. The van der Waals surface area contributed by atoms with Gasteiger partial charge in [0, 0.05) is 28.7 Å². The second-order valence-electron chi connectivity index (χ2n) is 5.55. The molecule has 2 heterocycles. The maximum atomic E-state index is 12.6. The summed E-state index contributed by atoms with van der Waals surface area (Å²) in [5.74, 6) is 0.399. The molecule has 8 heteroatoms. The lowest BCUT2D eigenvalue weighted by molar-refractivity contribution is 0.0915. The Hall–Kier alpha value is -2.13. The molecule has 1 unspecified atom stereocenters. The van der Waals surface area contributed by atoms with E-state index in [1.54, 1.807) is 43.1 Å². The largest absolute Gasteiger partial charge is 0.490 e. The average Bonchev–Trinajstić information content (AvgIpc) is 3.13. The highest BCUT2D eigenvalue weighted by Gasteiger charge is 2.17. The van der Waals surface area contributed by atoms with Crippen molar-refractivity contribution in [3.05, 3.63) is 75.6 Å². The van der Waals surface area contributed by atoms with Crippen molar-refractivity contribution in [2.24, 2.45) is 0 Å². The van der Waals surface area contributed by atoms with Crippen LogP contribution < -0.4 is 10.1 Å². The fraction of sp³-hybridized carbons (Fsp3) is 0.167. The highest BCUT2D eigenvalue weighted by molar-refractivity contribution is 14.1. The minimum atomic E-state index is -0.271. The Labute approximate surface area is 169 Å². The SMILES string of the molecule is O=C(NC(COc1cccnc1)Cn1ccnc1)c1ccc(I)cc1Cl. The number of hydrogen-bond donors (Lipinski definition) is 1. The van der Waals surface area contributed by atoms with Crippen molar-refractivity contribution in [3.8, 4) is 5.75 Å². The second kappa shape index (κ2) is 9.00. The lowest BCUT2D eigenvalue weighted by Crippen LogP contribution is -2.42. The van der Waals surface area contributed by atoms with E-state index >= 15 is 0 Å². The summed E-state index contributed by atoms with van der Waals surface area (Å²) in [7, 11) is 0. The summed E-state index contributed by atoms with van der Waals surface area (Å²) in [6, 6.07) is 8.66. The second-order valence-corrected chi connectivity index (χ2v) is 7.21. The molecule has 0 aliphatic heterocycles. The van der Waals surface area contributed by atoms with Gasteiger partial charge < -0.3 is 14.6 Å². The molecule has 0 spiro atoms. The van der Waals surface area contributed by atoms with Crippen LogP contribution in [-0.4, -0.2) is 33.1 Å². The number of benzene rings is 1. The number of ether oxygens (including phenoxy) is 1. The molecule has 0 bridgehead atoms. The van der Waals surface area contributed by atoms with Gasteiger partial charge in [-0.3, -0.25) is 9.78 Å². The Bertz CT molecular complexity index is 859. The van der Waals surface area contributed by atoms with Crippen LogP contribution >= 0.6 is 34.2 Å². The highest BCUT2D eigenvalue weighted by atomic mass is 127. The van der Waals surface area contributed by atoms with Crippen molar-refractivity contribution in [1.82, 2.24) is 19.9 Å². The first kappa shape index (κ1) is 18.7. The van der Waals surface area contributed by atoms with Crippen molar-refractivity contribution < 1.29 is 9.53 Å². The molecular formula is C18H16ClIN4O2. The quantitative estimate of drug-likeness (QED) is 0.524. The Morgan fingerprint density at radius 1 is 1.31 bits per heavy atom. The predicted octanol–water partition coefficient (Wildman–Crippen LogP) is 3.41. The number of halogens is 2. The third kappa shape index (κ3) is 5.18. The first-order valence-corrected chi connectivity index (χ1v) is 9.32. The molecule has 1 N–H and O–H groups in total. The van der Waals surface area contributed by atoms with E-state index in [1.165, 1.54) is 0 Å². The van der Waals surface area contributed by atoms with Crippen molar-refractivity contribution in [3.63, 3.8) is 0 Å². The van der Waals surface area contributed by atoms with E-state index in [0.29, 0.717) is 22.9 Å². The molecule has 0 aliphatic carbocycles. The molecule has 134 valence electrons. The predicted molar refractivity (Wildman–Crippen MR) is 107 cm³/mol. The zero-order valence-corrected chi connectivity index (χ0v) is 16.6. The van der Waals surface area contributed by atoms with Gasteiger partial charge in [-0.15, -0.1) is 0 Å². The van der Waals surface area contributed by atoms with Gasteiger partial charge in [-0.2, -0.15) is 0 Å². The maximum Gasteiger partial charge on any atom is 0.253 e. The van der Waals surface area contributed by atoms with Crippen LogP contribution in [0.4, 0.5) is 0 Å². The monoisotopic (exact) mass is 482 g/mol. The molecule has 1 aromatic carbocycles. The van der Waals surface area contributed by atoms with Crippen LogP contribution in [-0.2, 0) is 6.54 Å². The number of amides is 1. The highest BCUT2D eigenvalue weighted by Crippen LogP contribution is 2.19. The van der Waals surface area contributed by atoms with E-state index in [4.69, 9.17) is 16.3 Å². The van der Waals surface area contributed by atoms with Gasteiger partial charge in [0.1, 0.15) is 12.4 Å². The molecule has 26 heavy (non-hydrogen) atoms. The number of rotatable bonds is 7. The van der Waals surface area contributed by atoms with Crippen LogP contribution in [0, 0.1) is 3.57 Å². The van der Waals surface area contributed by atoms with Gasteiger partial charge in [-0.05, 0) is 52.9 Å². The minimum absolute atomic E-state index is 0.244. The Morgan fingerprint density at radius 2 is 2.19 bits per heavy atom. The summed E-state index contributed by atoms with van der Waals surface area (Å²) < 4.78 is 8.61. The summed E-state index contributed by atoms with van der Waals surface area (Å²) in [5, 5.41) is 3.40. The third-order valence-electron chi connectivity index (χ3n) is 3.59. The smallest absolute Gasteiger partial charge is 0.253 e. The first-order chi connectivity index (χ1) is 12.6. The van der Waals surface area contributed by atoms with Crippen molar-refractivity contribution in [2.45, 2.75) is 12.6 Å². The Kier molecular flexibility index (Phi) is 6.45. The number of hydrogen-bond acceptors (Lipinski definition) is 4. The molecule has 2 aromatic heterocycles. The summed E-state index contributed by atoms with van der Waals surface area (Å²) >= 11 is 8.36. The Morgan fingerprint density at radius 3 is 2.88 bits per heavy atom. The fourth-order valence-electron chi connectivity index (χ4n) is 2.36. The molecule has 6 nitrogen and oxygen atoms in total. The number of pyridine rings is 1. The van der Waals surface area contributed by atoms with Gasteiger partial charge in [0.15, 0.2) is 0 Å². The van der Waals surface area contributed by atoms with Crippen molar-refractivity contribution in [1.29, 1.82) is 0 Å². The lowest BCUT2D eigenvalue weighted by Gasteiger charge is -2.20. The van der Waals surface area contributed by atoms with Crippen LogP contribution in [0.5, 0.6) is 5.75 Å². The number of aromatic nitrogens is 3. The van der Waals surface area contributed by atoms with Crippen molar-refractivity contribution >= 4 is 40.1 Å². The van der Waals surface area contributed by atoms with E-state index in [0.717, 1.165) is 3.57 Å². The lowest BCUT2D eigenvalue weighted by atomic mass is 10.2. The molecule has 0 saturated heterocycles. The van der Waals surface area contributed by atoms with Crippen LogP contribution in [0.15, 0.2) is 61.4 Å². The van der Waals surface area contributed by atoms with Gasteiger partial charge >= 0.3 is 0 Å². The zero-order chi connectivity index (χ0) is 18.4. The molecular weight excluding hydrogens is 467 g/mol. The third-order valence-corrected chi connectivity index (χ3v) is 4.57. The normalized spacial score (nSPS) is 11.8. The molecule has 0 saturated carbocycles. The van der Waals surface area contributed by atoms with Crippen LogP contribution in [0.3, 0.4) is 0 Å². The number of imidazole rings is 1. The topological polar surface area (TPSA) is 69.0 Å². The van der Waals surface area contributed by atoms with Gasteiger partial charge in [-0.25, -0.2) is 4.98 Å². The van der Waals surface area contributed by atoms with Crippen molar-refractivity contribution in [2.75, 3.05) is 6.61 Å². The summed E-state index contributed by atoms with van der Waals surface area (Å²) in [6.45, 7) is 0.811. The van der Waals surface area contributed by atoms with Crippen LogP contribution in [0.2, 0.25) is 5.02 Å². The molecule has 0 radical (unpaired) electrons. The van der Waals surface area contributed by atoms with E-state index in [1.807, 2.05) is 22.9 Å². The van der Waals surface area contributed by atoms with Gasteiger partial charge in [0.25, 0.3) is 5.91 Å². The summed E-state index contributed by atoms with van der Waals surface area (Å²) in [6.07, 6.45) is 8.53. The standard InChI is InChI=1S/C18H16ClIN4O2/c19-17-8-13(20)3-4-16(17)18(25)23-14(10-24-7-6-22-12-24)11-26-15-2-1-5-21-9-15/h1-9,12,14H,10-11H2,(H,23,25). The Balaban J connectivity index is 1.70.